The Morgan fingerprint density at radius 3 is 1.57 bits per heavy atom. The van der Waals surface area contributed by atoms with Gasteiger partial charge in [0.05, 0.1) is 11.0 Å². The number of furan rings is 1. The van der Waals surface area contributed by atoms with Crippen LogP contribution in [0.25, 0.3) is 166 Å². The molecule has 0 amide bonds. The summed E-state index contributed by atoms with van der Waals surface area (Å²) in [4.78, 5) is 16.0. The van der Waals surface area contributed by atoms with Crippen LogP contribution < -0.4 is 0 Å². The van der Waals surface area contributed by atoms with Crippen molar-refractivity contribution < 1.29 is 4.42 Å². The van der Waals surface area contributed by atoms with Crippen molar-refractivity contribution in [3.05, 3.63) is 231 Å². The normalized spacial score (nSPS) is 12.2. The lowest BCUT2D eigenvalue weighted by Gasteiger charge is -2.10. The van der Waals surface area contributed by atoms with Gasteiger partial charge < -0.3 is 8.98 Å². The van der Waals surface area contributed by atoms with Crippen LogP contribution in [0, 0.1) is 0 Å². The first-order valence-electron chi connectivity index (χ1n) is 25.7. The van der Waals surface area contributed by atoms with E-state index in [2.05, 4.69) is 223 Å². The fourth-order valence-corrected chi connectivity index (χ4v) is 15.3. The van der Waals surface area contributed by atoms with E-state index in [0.29, 0.717) is 17.5 Å². The van der Waals surface area contributed by atoms with E-state index in [1.807, 2.05) is 23.5 Å². The molecular weight excluding hydrogens is 997 g/mol. The Morgan fingerprint density at radius 2 is 0.818 bits per heavy atom. The highest BCUT2D eigenvalue weighted by Crippen LogP contribution is 2.46. The fourth-order valence-electron chi connectivity index (χ4n) is 11.9. The molecule has 0 bridgehead atoms. The molecule has 0 unspecified atom stereocenters. The van der Waals surface area contributed by atoms with E-state index in [1.165, 1.54) is 93.4 Å². The first-order valence-corrected chi connectivity index (χ1v) is 28.2. The minimum absolute atomic E-state index is 0.595. The molecule has 8 heteroatoms. The summed E-state index contributed by atoms with van der Waals surface area (Å²) in [6, 6.07) is 83.3. The minimum atomic E-state index is 0.595. The van der Waals surface area contributed by atoms with E-state index >= 15 is 0 Å². The molecule has 17 rings (SSSR count). The summed E-state index contributed by atoms with van der Waals surface area (Å²) in [6.45, 7) is 0. The van der Waals surface area contributed by atoms with Crippen molar-refractivity contribution in [1.29, 1.82) is 0 Å². The van der Waals surface area contributed by atoms with Gasteiger partial charge in [0.1, 0.15) is 11.2 Å². The van der Waals surface area contributed by atoms with Crippen LogP contribution >= 0.6 is 34.0 Å². The van der Waals surface area contributed by atoms with Crippen molar-refractivity contribution >= 4 is 138 Å². The Labute approximate surface area is 451 Å². The molecule has 5 nitrogen and oxygen atoms in total. The predicted octanol–water partition coefficient (Wildman–Crippen LogP) is 20.3. The predicted molar refractivity (Wildman–Crippen MR) is 327 cm³/mol. The first kappa shape index (κ1) is 43.0. The molecule has 0 saturated heterocycles. The Morgan fingerprint density at radius 1 is 0.286 bits per heavy atom. The van der Waals surface area contributed by atoms with Crippen LogP contribution in [-0.4, -0.2) is 19.5 Å². The van der Waals surface area contributed by atoms with E-state index in [-0.39, 0.29) is 0 Å². The van der Waals surface area contributed by atoms with Crippen LogP contribution in [-0.2, 0) is 0 Å². The zero-order valence-corrected chi connectivity index (χ0v) is 43.3. The summed E-state index contributed by atoms with van der Waals surface area (Å²) in [7, 11) is 0. The van der Waals surface area contributed by atoms with Gasteiger partial charge in [-0.05, 0) is 113 Å². The number of benzene rings is 11. The van der Waals surface area contributed by atoms with Gasteiger partial charge in [-0.1, -0.05) is 140 Å². The number of hydrogen-bond acceptors (Lipinski definition) is 7. The molecule has 0 radical (unpaired) electrons. The van der Waals surface area contributed by atoms with Gasteiger partial charge in [-0.3, -0.25) is 0 Å². The molecule has 0 saturated carbocycles. The maximum Gasteiger partial charge on any atom is 0.164 e. The van der Waals surface area contributed by atoms with Crippen molar-refractivity contribution in [2.24, 2.45) is 0 Å². The van der Waals surface area contributed by atoms with E-state index in [0.717, 1.165) is 55.4 Å². The third-order valence-corrected chi connectivity index (χ3v) is 18.9. The molecule has 358 valence electrons. The van der Waals surface area contributed by atoms with Gasteiger partial charge in [0, 0.05) is 104 Å². The lowest BCUT2D eigenvalue weighted by molar-refractivity contribution is 0.669. The van der Waals surface area contributed by atoms with Crippen molar-refractivity contribution in [2.75, 3.05) is 0 Å². The molecule has 0 aliphatic carbocycles. The highest BCUT2D eigenvalue weighted by Gasteiger charge is 2.21. The second kappa shape index (κ2) is 16.6. The lowest BCUT2D eigenvalue weighted by atomic mass is 9.96. The average Bonchev–Trinajstić information content (AvgIpc) is 4.35. The molecule has 6 aromatic heterocycles. The summed E-state index contributed by atoms with van der Waals surface area (Å²) < 4.78 is 16.5. The second-order valence-electron chi connectivity index (χ2n) is 19.8. The van der Waals surface area contributed by atoms with Crippen molar-refractivity contribution in [3.8, 4) is 62.1 Å². The largest absolute Gasteiger partial charge is 0.456 e. The maximum absolute atomic E-state index is 6.69. The van der Waals surface area contributed by atoms with Gasteiger partial charge in [-0.25, -0.2) is 15.0 Å². The number of fused-ring (bicyclic) bond motifs is 15. The summed E-state index contributed by atoms with van der Waals surface area (Å²) in [5, 5.41) is 12.0. The molecule has 0 aliphatic heterocycles. The first-order chi connectivity index (χ1) is 38.1. The van der Waals surface area contributed by atoms with Gasteiger partial charge in [0.25, 0.3) is 0 Å². The number of rotatable bonds is 6. The van der Waals surface area contributed by atoms with Gasteiger partial charge in [-0.15, -0.1) is 34.0 Å². The van der Waals surface area contributed by atoms with Crippen LogP contribution in [0.1, 0.15) is 0 Å². The zero-order valence-electron chi connectivity index (χ0n) is 40.9. The highest BCUT2D eigenvalue weighted by molar-refractivity contribution is 7.26. The van der Waals surface area contributed by atoms with Gasteiger partial charge >= 0.3 is 0 Å². The molecule has 17 aromatic rings. The molecule has 0 aliphatic rings. The SMILES string of the molecule is c1ccc(-n2c3ccccc3c3cc(-c4cccc5sc6ccc(-c7ccc8oc9cccc(-c%10nc(-c%11ccc%12c(c%11)sc%11ccccc%11%12)nc(-c%11ccc%12c(c%11)sc%11ccccc%11%12)n%10)c9c8c7)cc6c45)ccc32)cc1. The van der Waals surface area contributed by atoms with Crippen molar-refractivity contribution in [3.63, 3.8) is 0 Å². The Kier molecular flexibility index (Phi) is 9.26. The molecule has 11 aromatic carbocycles. The smallest absolute Gasteiger partial charge is 0.164 e. The van der Waals surface area contributed by atoms with Gasteiger partial charge in [0.2, 0.25) is 0 Å². The average molecular weight is 1040 g/mol. The van der Waals surface area contributed by atoms with Crippen LogP contribution in [0.4, 0.5) is 0 Å². The molecule has 0 spiro atoms. The topological polar surface area (TPSA) is 56.7 Å². The molecule has 77 heavy (non-hydrogen) atoms. The number of para-hydroxylation sites is 2. The molecule has 0 fully saturated rings. The highest BCUT2D eigenvalue weighted by atomic mass is 32.1. The number of nitrogens with zero attached hydrogens (tertiary/aromatic N) is 4. The third kappa shape index (κ3) is 6.66. The van der Waals surface area contributed by atoms with E-state index < -0.39 is 0 Å². The standard InChI is InChI=1S/C69H38N4OS3/c1-2-12-44(13-3-1)73-55-19-7-4-14-46(55)52-36-41(26-31-56(52)73)45-17-11-23-62-66(45)54-35-40(28-33-61(54)75-62)39-27-32-57-53(34-39)65-51(18-10-20-58(65)74-57)69-71-67(42-24-29-49-47-15-5-8-21-59(47)76-63(49)37-42)70-68(72-69)43-25-30-50-48-16-6-9-22-60(48)77-64(50)38-43/h1-38H. The van der Waals surface area contributed by atoms with E-state index in [4.69, 9.17) is 19.4 Å². The van der Waals surface area contributed by atoms with Crippen molar-refractivity contribution in [2.45, 2.75) is 0 Å². The monoisotopic (exact) mass is 1030 g/mol. The Balaban J connectivity index is 0.815. The molecular formula is C69H38N4OS3. The maximum atomic E-state index is 6.69. The molecule has 6 heterocycles. The minimum Gasteiger partial charge on any atom is -0.456 e. The summed E-state index contributed by atoms with van der Waals surface area (Å²) in [6.07, 6.45) is 0. The second-order valence-corrected chi connectivity index (χ2v) is 23.1. The summed E-state index contributed by atoms with van der Waals surface area (Å²) in [5.74, 6) is 1.85. The van der Waals surface area contributed by atoms with Crippen LogP contribution in [0.5, 0.6) is 0 Å². The van der Waals surface area contributed by atoms with Crippen LogP contribution in [0.15, 0.2) is 235 Å². The van der Waals surface area contributed by atoms with Gasteiger partial charge in [0.15, 0.2) is 17.5 Å². The fraction of sp³-hybridized carbons (Fsp3) is 0. The number of aromatic nitrogens is 4. The number of hydrogen-bond donors (Lipinski definition) is 0. The van der Waals surface area contributed by atoms with Crippen molar-refractivity contribution in [1.82, 2.24) is 19.5 Å². The third-order valence-electron chi connectivity index (χ3n) is 15.5. The Hall–Kier alpha value is -9.31. The van der Waals surface area contributed by atoms with E-state index in [9.17, 15) is 0 Å². The summed E-state index contributed by atoms with van der Waals surface area (Å²) in [5.41, 5.74) is 12.6. The van der Waals surface area contributed by atoms with E-state index in [1.54, 1.807) is 22.7 Å². The van der Waals surface area contributed by atoms with Gasteiger partial charge in [-0.2, -0.15) is 0 Å². The number of thiophene rings is 3. The summed E-state index contributed by atoms with van der Waals surface area (Å²) >= 11 is 5.45. The van der Waals surface area contributed by atoms with Crippen LogP contribution in [0.3, 0.4) is 0 Å². The zero-order chi connectivity index (χ0) is 50.3. The quantitative estimate of drug-likeness (QED) is 0.167. The Bertz CT molecular complexity index is 5180. The van der Waals surface area contributed by atoms with Crippen LogP contribution in [0.2, 0.25) is 0 Å². The molecule has 0 N–H and O–H groups in total. The lowest BCUT2D eigenvalue weighted by Crippen LogP contribution is -2.00. The molecule has 0 atom stereocenters.